The molecule has 0 unspecified atom stereocenters. The summed E-state index contributed by atoms with van der Waals surface area (Å²) in [5, 5.41) is 8.96. The van der Waals surface area contributed by atoms with Gasteiger partial charge in [-0.1, -0.05) is 42.5 Å². The molecule has 4 rings (SSSR count). The van der Waals surface area contributed by atoms with Gasteiger partial charge in [0.15, 0.2) is 5.78 Å². The number of imide groups is 1. The van der Waals surface area contributed by atoms with Gasteiger partial charge in [-0.2, -0.15) is 0 Å². The van der Waals surface area contributed by atoms with Crippen molar-refractivity contribution in [1.82, 2.24) is 4.90 Å². The molecule has 0 spiro atoms. The number of thioether (sulfide) groups is 1. The van der Waals surface area contributed by atoms with Crippen LogP contribution in [0.4, 0.5) is 4.79 Å². The highest BCUT2D eigenvalue weighted by molar-refractivity contribution is 8.18. The Balaban J connectivity index is 1.40. The fourth-order valence-corrected chi connectivity index (χ4v) is 4.27. The number of ketones is 1. The standard InChI is InChI=1S/C28H21NO6S/c1-35-27(33)22-9-6-20(7-10-22)17-29-26(32)25(36-28(29)34)16-19-4-2-18(3-5-19)8-15-24(31)21-11-13-23(30)14-12-21/h2-16,30H,17H2,1H3/b15-8+,25-16-. The zero-order valence-electron chi connectivity index (χ0n) is 19.2. The average Bonchev–Trinajstić information content (AvgIpc) is 3.15. The van der Waals surface area contributed by atoms with Crippen LogP contribution in [-0.2, 0) is 16.1 Å². The molecule has 1 fully saturated rings. The third kappa shape index (κ3) is 5.79. The normalized spacial score (nSPS) is 14.6. The molecule has 0 bridgehead atoms. The number of carbonyl (C=O) groups excluding carboxylic acids is 4. The summed E-state index contributed by atoms with van der Waals surface area (Å²) in [7, 11) is 1.30. The molecule has 3 aromatic carbocycles. The summed E-state index contributed by atoms with van der Waals surface area (Å²) in [6.45, 7) is 0.0995. The van der Waals surface area contributed by atoms with E-state index in [1.165, 1.54) is 25.3 Å². The van der Waals surface area contributed by atoms with E-state index in [1.807, 2.05) is 0 Å². The number of hydrogen-bond acceptors (Lipinski definition) is 7. The molecule has 0 aromatic heterocycles. The summed E-state index contributed by atoms with van der Waals surface area (Å²) in [5.74, 6) is -0.933. The number of hydrogen-bond donors (Lipinski definition) is 1. The van der Waals surface area contributed by atoms with Gasteiger partial charge in [0.2, 0.25) is 0 Å². The minimum absolute atomic E-state index is 0.0956. The number of phenols is 1. The Hall–Kier alpha value is -4.43. The van der Waals surface area contributed by atoms with Gasteiger partial charge in [-0.15, -0.1) is 0 Å². The number of phenolic OH excluding ortho intramolecular Hbond substituents is 1. The van der Waals surface area contributed by atoms with Crippen molar-refractivity contribution in [3.05, 3.63) is 112 Å². The molecular formula is C28H21NO6S. The van der Waals surface area contributed by atoms with E-state index in [2.05, 4.69) is 4.74 Å². The van der Waals surface area contributed by atoms with Crippen molar-refractivity contribution in [3.63, 3.8) is 0 Å². The molecule has 0 radical (unpaired) electrons. The number of esters is 1. The Bertz CT molecular complexity index is 1370. The monoisotopic (exact) mass is 499 g/mol. The van der Waals surface area contributed by atoms with Crippen molar-refractivity contribution in [2.45, 2.75) is 6.54 Å². The maximum atomic E-state index is 12.8. The van der Waals surface area contributed by atoms with E-state index in [1.54, 1.807) is 72.8 Å². The molecule has 0 saturated carbocycles. The van der Waals surface area contributed by atoms with E-state index in [0.717, 1.165) is 27.8 Å². The fourth-order valence-electron chi connectivity index (χ4n) is 3.43. The van der Waals surface area contributed by atoms with Gasteiger partial charge in [0.05, 0.1) is 24.1 Å². The van der Waals surface area contributed by atoms with Crippen molar-refractivity contribution in [2.24, 2.45) is 0 Å². The molecule has 2 amide bonds. The van der Waals surface area contributed by atoms with E-state index < -0.39 is 5.97 Å². The van der Waals surface area contributed by atoms with Crippen molar-refractivity contribution in [1.29, 1.82) is 0 Å². The SMILES string of the molecule is COC(=O)c1ccc(CN2C(=O)S/C(=C\c3ccc(/C=C/C(=O)c4ccc(O)cc4)cc3)C2=O)cc1. The van der Waals surface area contributed by atoms with Crippen LogP contribution in [0.1, 0.15) is 37.4 Å². The Morgan fingerprint density at radius 3 is 2.14 bits per heavy atom. The number of carbonyl (C=O) groups is 4. The first kappa shape index (κ1) is 24.7. The minimum Gasteiger partial charge on any atom is -0.508 e. The summed E-state index contributed by atoms with van der Waals surface area (Å²) >= 11 is 0.872. The lowest BCUT2D eigenvalue weighted by molar-refractivity contribution is -0.123. The number of allylic oxidation sites excluding steroid dienone is 1. The quantitative estimate of drug-likeness (QED) is 0.267. The first-order valence-electron chi connectivity index (χ1n) is 10.9. The van der Waals surface area contributed by atoms with Crippen LogP contribution < -0.4 is 0 Å². The van der Waals surface area contributed by atoms with Gasteiger partial charge in [-0.3, -0.25) is 19.3 Å². The van der Waals surface area contributed by atoms with Crippen LogP contribution in [0.15, 0.2) is 83.8 Å². The number of rotatable bonds is 7. The van der Waals surface area contributed by atoms with Crippen LogP contribution >= 0.6 is 11.8 Å². The Morgan fingerprint density at radius 2 is 1.50 bits per heavy atom. The molecule has 7 nitrogen and oxygen atoms in total. The van der Waals surface area contributed by atoms with E-state index in [9.17, 15) is 24.3 Å². The topological polar surface area (TPSA) is 101 Å². The van der Waals surface area contributed by atoms with Gasteiger partial charge in [-0.05, 0) is 77.0 Å². The zero-order chi connectivity index (χ0) is 25.7. The molecular weight excluding hydrogens is 478 g/mol. The molecule has 36 heavy (non-hydrogen) atoms. The fraction of sp³-hybridized carbons (Fsp3) is 0.0714. The maximum absolute atomic E-state index is 12.8. The first-order valence-corrected chi connectivity index (χ1v) is 11.7. The first-order chi connectivity index (χ1) is 17.3. The lowest BCUT2D eigenvalue weighted by Crippen LogP contribution is -2.27. The minimum atomic E-state index is -0.457. The average molecular weight is 500 g/mol. The van der Waals surface area contributed by atoms with E-state index in [4.69, 9.17) is 0 Å². The molecule has 180 valence electrons. The highest BCUT2D eigenvalue weighted by Gasteiger charge is 2.35. The van der Waals surface area contributed by atoms with Crippen LogP contribution in [0.2, 0.25) is 0 Å². The number of aromatic hydroxyl groups is 1. The predicted octanol–water partition coefficient (Wildman–Crippen LogP) is 5.31. The summed E-state index contributed by atoms with van der Waals surface area (Å²) < 4.78 is 4.67. The second kappa shape index (κ2) is 10.9. The van der Waals surface area contributed by atoms with E-state index in [-0.39, 0.29) is 29.2 Å². The Morgan fingerprint density at radius 1 is 0.889 bits per heavy atom. The smallest absolute Gasteiger partial charge is 0.337 e. The summed E-state index contributed by atoms with van der Waals surface area (Å²) in [4.78, 5) is 50.6. The van der Waals surface area contributed by atoms with Crippen LogP contribution in [-0.4, -0.2) is 40.0 Å². The van der Waals surface area contributed by atoms with E-state index >= 15 is 0 Å². The highest BCUT2D eigenvalue weighted by Crippen LogP contribution is 2.33. The molecule has 1 heterocycles. The van der Waals surface area contributed by atoms with Crippen molar-refractivity contribution in [2.75, 3.05) is 7.11 Å². The summed E-state index contributed by atoms with van der Waals surface area (Å²) in [6.07, 6.45) is 4.78. The molecule has 0 aliphatic carbocycles. The molecule has 3 aromatic rings. The van der Waals surface area contributed by atoms with Crippen molar-refractivity contribution < 1.29 is 29.0 Å². The molecule has 1 N–H and O–H groups in total. The summed E-state index contributed by atoms with van der Waals surface area (Å²) in [6, 6.07) is 19.7. The lowest BCUT2D eigenvalue weighted by Gasteiger charge is -2.12. The molecule has 0 atom stereocenters. The maximum Gasteiger partial charge on any atom is 0.337 e. The Kier molecular flexibility index (Phi) is 7.46. The number of methoxy groups -OCH3 is 1. The third-order valence-electron chi connectivity index (χ3n) is 5.40. The largest absolute Gasteiger partial charge is 0.508 e. The van der Waals surface area contributed by atoms with Crippen LogP contribution in [0.3, 0.4) is 0 Å². The van der Waals surface area contributed by atoms with Gasteiger partial charge < -0.3 is 9.84 Å². The zero-order valence-corrected chi connectivity index (χ0v) is 20.0. The van der Waals surface area contributed by atoms with Gasteiger partial charge in [0, 0.05) is 5.56 Å². The number of benzene rings is 3. The van der Waals surface area contributed by atoms with Crippen LogP contribution in [0.25, 0.3) is 12.2 Å². The highest BCUT2D eigenvalue weighted by atomic mass is 32.2. The van der Waals surface area contributed by atoms with Gasteiger partial charge >= 0.3 is 5.97 Å². The van der Waals surface area contributed by atoms with Gasteiger partial charge in [0.1, 0.15) is 5.75 Å². The predicted molar refractivity (Wildman–Crippen MR) is 137 cm³/mol. The second-order valence-electron chi connectivity index (χ2n) is 7.87. The van der Waals surface area contributed by atoms with Crippen molar-refractivity contribution >= 4 is 46.8 Å². The Labute approximate surface area is 211 Å². The number of amides is 2. The number of ether oxygens (including phenoxy) is 1. The second-order valence-corrected chi connectivity index (χ2v) is 8.86. The lowest BCUT2D eigenvalue weighted by atomic mass is 10.1. The van der Waals surface area contributed by atoms with E-state index in [0.29, 0.717) is 21.6 Å². The third-order valence-corrected chi connectivity index (χ3v) is 6.31. The molecule has 1 aliphatic rings. The van der Waals surface area contributed by atoms with Gasteiger partial charge in [-0.25, -0.2) is 4.79 Å². The van der Waals surface area contributed by atoms with Gasteiger partial charge in [0.25, 0.3) is 11.1 Å². The van der Waals surface area contributed by atoms with Crippen molar-refractivity contribution in [3.8, 4) is 5.75 Å². The molecule has 8 heteroatoms. The number of nitrogens with zero attached hydrogens (tertiary/aromatic N) is 1. The van der Waals surface area contributed by atoms with Crippen LogP contribution in [0.5, 0.6) is 5.75 Å². The summed E-state index contributed by atoms with van der Waals surface area (Å²) in [5.41, 5.74) is 3.10. The van der Waals surface area contributed by atoms with Crippen LogP contribution in [0, 0.1) is 0 Å². The molecule has 1 aliphatic heterocycles. The molecule has 1 saturated heterocycles.